The number of ether oxygens (including phenoxy) is 1. The quantitative estimate of drug-likeness (QED) is 0.841. The third-order valence-corrected chi connectivity index (χ3v) is 4.53. The zero-order chi connectivity index (χ0) is 15.5. The molecular formula is C17H27NO3. The number of nitrogens with zero attached hydrogens (tertiary/aromatic N) is 1. The Balaban J connectivity index is 2.00. The monoisotopic (exact) mass is 293 g/mol. The maximum absolute atomic E-state index is 10.8. The van der Waals surface area contributed by atoms with Gasteiger partial charge in [-0.05, 0) is 29.5 Å². The highest BCUT2D eigenvalue weighted by molar-refractivity contribution is 5.28. The Morgan fingerprint density at radius 2 is 2.19 bits per heavy atom. The second-order valence-electron chi connectivity index (χ2n) is 6.44. The zero-order valence-corrected chi connectivity index (χ0v) is 13.2. The van der Waals surface area contributed by atoms with Crippen LogP contribution in [0.2, 0.25) is 0 Å². The van der Waals surface area contributed by atoms with Crippen molar-refractivity contribution in [2.75, 3.05) is 26.3 Å². The van der Waals surface area contributed by atoms with E-state index in [2.05, 4.69) is 31.7 Å². The highest BCUT2D eigenvalue weighted by Crippen LogP contribution is 2.34. The van der Waals surface area contributed by atoms with E-state index in [0.29, 0.717) is 13.2 Å². The molecule has 1 heterocycles. The van der Waals surface area contributed by atoms with Crippen LogP contribution in [0.1, 0.15) is 26.3 Å². The Morgan fingerprint density at radius 3 is 2.81 bits per heavy atom. The van der Waals surface area contributed by atoms with Gasteiger partial charge in [-0.3, -0.25) is 4.90 Å². The van der Waals surface area contributed by atoms with Crippen LogP contribution < -0.4 is 4.74 Å². The molecule has 2 rings (SSSR count). The lowest BCUT2D eigenvalue weighted by atomic mass is 9.82. The SMILES string of the molecule is CC(C)[C@]1(O)CN(Cc2cccc(OCCO)c2)C[C@H]1C. The van der Waals surface area contributed by atoms with E-state index in [1.54, 1.807) is 0 Å². The lowest BCUT2D eigenvalue weighted by molar-refractivity contribution is -0.0255. The number of hydrogen-bond donors (Lipinski definition) is 2. The first-order valence-electron chi connectivity index (χ1n) is 7.73. The van der Waals surface area contributed by atoms with Gasteiger partial charge in [-0.25, -0.2) is 0 Å². The molecule has 0 spiro atoms. The van der Waals surface area contributed by atoms with Gasteiger partial charge in [-0.15, -0.1) is 0 Å². The average Bonchev–Trinajstić information content (AvgIpc) is 2.73. The highest BCUT2D eigenvalue weighted by atomic mass is 16.5. The van der Waals surface area contributed by atoms with Gasteiger partial charge in [0.1, 0.15) is 12.4 Å². The smallest absolute Gasteiger partial charge is 0.119 e. The van der Waals surface area contributed by atoms with Crippen LogP contribution in [0.4, 0.5) is 0 Å². The molecule has 1 aliphatic rings. The number of β-amino-alcohol motifs (C(OH)–C–C–N with tert-alkyl or cyclic N) is 1. The Hall–Kier alpha value is -1.10. The second-order valence-corrected chi connectivity index (χ2v) is 6.44. The van der Waals surface area contributed by atoms with Crippen LogP contribution in [0.5, 0.6) is 5.75 Å². The third kappa shape index (κ3) is 3.76. The number of rotatable bonds is 6. The van der Waals surface area contributed by atoms with Gasteiger partial charge in [0.2, 0.25) is 0 Å². The van der Waals surface area contributed by atoms with Crippen molar-refractivity contribution in [3.8, 4) is 5.75 Å². The molecule has 0 saturated carbocycles. The summed E-state index contributed by atoms with van der Waals surface area (Å²) in [5.41, 5.74) is 0.580. The molecule has 4 heteroatoms. The third-order valence-electron chi connectivity index (χ3n) is 4.53. The molecule has 4 nitrogen and oxygen atoms in total. The molecule has 0 bridgehead atoms. The summed E-state index contributed by atoms with van der Waals surface area (Å²) in [4.78, 5) is 2.30. The average molecular weight is 293 g/mol. The van der Waals surface area contributed by atoms with Crippen LogP contribution in [0.25, 0.3) is 0 Å². The van der Waals surface area contributed by atoms with Crippen molar-refractivity contribution in [1.29, 1.82) is 0 Å². The Labute approximate surface area is 127 Å². The van der Waals surface area contributed by atoms with E-state index in [9.17, 15) is 5.11 Å². The zero-order valence-electron chi connectivity index (χ0n) is 13.2. The lowest BCUT2D eigenvalue weighted by Gasteiger charge is -2.31. The molecule has 1 aromatic carbocycles. The highest BCUT2D eigenvalue weighted by Gasteiger charge is 2.44. The summed E-state index contributed by atoms with van der Waals surface area (Å²) in [6, 6.07) is 7.95. The summed E-state index contributed by atoms with van der Waals surface area (Å²) in [6.45, 7) is 9.08. The van der Waals surface area contributed by atoms with Crippen molar-refractivity contribution in [1.82, 2.24) is 4.90 Å². The van der Waals surface area contributed by atoms with Crippen LogP contribution in [-0.2, 0) is 6.54 Å². The molecule has 2 N–H and O–H groups in total. The second kappa shape index (κ2) is 6.77. The largest absolute Gasteiger partial charge is 0.491 e. The predicted molar refractivity (Wildman–Crippen MR) is 83.3 cm³/mol. The Bertz CT molecular complexity index is 463. The van der Waals surface area contributed by atoms with E-state index in [-0.39, 0.29) is 18.4 Å². The van der Waals surface area contributed by atoms with Gasteiger partial charge in [0.25, 0.3) is 0 Å². The normalized spacial score (nSPS) is 26.5. The molecule has 0 unspecified atom stereocenters. The minimum atomic E-state index is -0.592. The lowest BCUT2D eigenvalue weighted by Crippen LogP contribution is -2.42. The van der Waals surface area contributed by atoms with Gasteiger partial charge in [0, 0.05) is 19.6 Å². The van der Waals surface area contributed by atoms with E-state index < -0.39 is 5.60 Å². The van der Waals surface area contributed by atoms with Crippen LogP contribution in [0.3, 0.4) is 0 Å². The summed E-state index contributed by atoms with van der Waals surface area (Å²) >= 11 is 0. The summed E-state index contributed by atoms with van der Waals surface area (Å²) in [5.74, 6) is 1.33. The van der Waals surface area contributed by atoms with Crippen molar-refractivity contribution < 1.29 is 14.9 Å². The number of benzene rings is 1. The molecule has 1 fully saturated rings. The Morgan fingerprint density at radius 1 is 1.43 bits per heavy atom. The minimum Gasteiger partial charge on any atom is -0.491 e. The maximum atomic E-state index is 10.8. The first-order valence-corrected chi connectivity index (χ1v) is 7.73. The standard InChI is InChI=1S/C17H27NO3/c1-13(2)17(20)12-18(10-14(17)3)11-15-5-4-6-16(9-15)21-8-7-19/h4-6,9,13-14,19-20H,7-8,10-12H2,1-3H3/t14-,17-/m1/s1. The number of aliphatic hydroxyl groups is 2. The van der Waals surface area contributed by atoms with Gasteiger partial charge < -0.3 is 14.9 Å². The van der Waals surface area contributed by atoms with Crippen LogP contribution in [0.15, 0.2) is 24.3 Å². The molecule has 1 aromatic rings. The molecule has 1 saturated heterocycles. The van der Waals surface area contributed by atoms with Gasteiger partial charge in [-0.1, -0.05) is 32.9 Å². The molecule has 0 amide bonds. The molecule has 21 heavy (non-hydrogen) atoms. The predicted octanol–water partition coefficient (Wildman–Crippen LogP) is 1.90. The van der Waals surface area contributed by atoms with Crippen LogP contribution in [0, 0.1) is 11.8 Å². The van der Waals surface area contributed by atoms with Crippen molar-refractivity contribution in [2.24, 2.45) is 11.8 Å². The molecule has 118 valence electrons. The molecule has 0 aromatic heterocycles. The van der Waals surface area contributed by atoms with E-state index in [1.165, 1.54) is 5.56 Å². The number of aliphatic hydroxyl groups excluding tert-OH is 1. The van der Waals surface area contributed by atoms with Crippen molar-refractivity contribution >= 4 is 0 Å². The fourth-order valence-corrected chi connectivity index (χ4v) is 3.15. The van der Waals surface area contributed by atoms with E-state index in [1.807, 2.05) is 18.2 Å². The first kappa shape index (κ1) is 16.3. The molecule has 0 aliphatic carbocycles. The van der Waals surface area contributed by atoms with E-state index >= 15 is 0 Å². The maximum Gasteiger partial charge on any atom is 0.119 e. The number of likely N-dealkylation sites (tertiary alicyclic amines) is 1. The topological polar surface area (TPSA) is 52.9 Å². The van der Waals surface area contributed by atoms with Crippen molar-refractivity contribution in [2.45, 2.75) is 32.9 Å². The molecule has 2 atom stereocenters. The van der Waals surface area contributed by atoms with E-state index in [4.69, 9.17) is 9.84 Å². The van der Waals surface area contributed by atoms with Gasteiger partial charge >= 0.3 is 0 Å². The van der Waals surface area contributed by atoms with Gasteiger partial charge in [-0.2, -0.15) is 0 Å². The van der Waals surface area contributed by atoms with Crippen molar-refractivity contribution in [3.63, 3.8) is 0 Å². The molecule has 0 radical (unpaired) electrons. The minimum absolute atomic E-state index is 0.0231. The molecule has 1 aliphatic heterocycles. The van der Waals surface area contributed by atoms with Crippen LogP contribution in [-0.4, -0.2) is 47.0 Å². The van der Waals surface area contributed by atoms with Gasteiger partial charge in [0.15, 0.2) is 0 Å². The fraction of sp³-hybridized carbons (Fsp3) is 0.647. The fourth-order valence-electron chi connectivity index (χ4n) is 3.15. The Kier molecular flexibility index (Phi) is 5.25. The summed E-state index contributed by atoms with van der Waals surface area (Å²) in [6.07, 6.45) is 0. The summed E-state index contributed by atoms with van der Waals surface area (Å²) in [5, 5.41) is 19.6. The summed E-state index contributed by atoms with van der Waals surface area (Å²) in [7, 11) is 0. The molecular weight excluding hydrogens is 266 g/mol. The van der Waals surface area contributed by atoms with Gasteiger partial charge in [0.05, 0.1) is 12.2 Å². The summed E-state index contributed by atoms with van der Waals surface area (Å²) < 4.78 is 5.44. The van der Waals surface area contributed by atoms with Crippen LogP contribution >= 0.6 is 0 Å². The van der Waals surface area contributed by atoms with Crippen molar-refractivity contribution in [3.05, 3.63) is 29.8 Å². The number of hydrogen-bond acceptors (Lipinski definition) is 4. The van der Waals surface area contributed by atoms with E-state index in [0.717, 1.165) is 18.8 Å². The first-order chi connectivity index (χ1) is 9.95.